The van der Waals surface area contributed by atoms with Crippen LogP contribution in [0.1, 0.15) is 29.8 Å². The van der Waals surface area contributed by atoms with Crippen molar-refractivity contribution in [3.05, 3.63) is 65.7 Å². The first-order valence-electron chi connectivity index (χ1n) is 7.07. The molecule has 0 saturated heterocycles. The number of benzene rings is 2. The van der Waals surface area contributed by atoms with Gasteiger partial charge in [0.15, 0.2) is 9.84 Å². The highest BCUT2D eigenvalue weighted by atomic mass is 32.2. The zero-order chi connectivity index (χ0) is 16.2. The minimum Gasteiger partial charge on any atom is -0.348 e. The monoisotopic (exact) mass is 317 g/mol. The largest absolute Gasteiger partial charge is 0.348 e. The Bertz CT molecular complexity index is 735. The van der Waals surface area contributed by atoms with E-state index in [-0.39, 0.29) is 5.91 Å². The van der Waals surface area contributed by atoms with Crippen LogP contribution in [-0.4, -0.2) is 19.6 Å². The van der Waals surface area contributed by atoms with E-state index in [9.17, 15) is 13.2 Å². The second-order valence-electron chi connectivity index (χ2n) is 5.29. The Labute approximate surface area is 131 Å². The molecule has 1 N–H and O–H groups in total. The lowest BCUT2D eigenvalue weighted by Gasteiger charge is -2.09. The van der Waals surface area contributed by atoms with Crippen molar-refractivity contribution in [2.75, 3.05) is 0 Å². The second kappa shape index (κ2) is 6.75. The lowest BCUT2D eigenvalue weighted by atomic mass is 10.2. The Morgan fingerprint density at radius 1 is 1.00 bits per heavy atom. The molecule has 22 heavy (non-hydrogen) atoms. The summed E-state index contributed by atoms with van der Waals surface area (Å²) in [5, 5.41) is 2.36. The van der Waals surface area contributed by atoms with Crippen molar-refractivity contribution in [3.63, 3.8) is 0 Å². The third-order valence-electron chi connectivity index (χ3n) is 3.36. The molecule has 0 unspecified atom stereocenters. The molecular weight excluding hydrogens is 298 g/mol. The van der Waals surface area contributed by atoms with E-state index in [2.05, 4.69) is 5.32 Å². The molecular formula is C17H19NO3S. The molecule has 0 bridgehead atoms. The first kappa shape index (κ1) is 16.2. The van der Waals surface area contributed by atoms with Crippen LogP contribution in [0.2, 0.25) is 0 Å². The number of rotatable bonds is 5. The molecule has 0 atom stereocenters. The van der Waals surface area contributed by atoms with Gasteiger partial charge in [0.1, 0.15) is 0 Å². The molecule has 0 heterocycles. The molecule has 0 aliphatic carbocycles. The Morgan fingerprint density at radius 2 is 1.59 bits per heavy atom. The maximum atomic E-state index is 12.0. The predicted molar refractivity (Wildman–Crippen MR) is 86.4 cm³/mol. The third kappa shape index (κ3) is 3.74. The highest BCUT2D eigenvalue weighted by Gasteiger charge is 2.18. The smallest absolute Gasteiger partial charge is 0.251 e. The fourth-order valence-corrected chi connectivity index (χ4v) is 3.00. The summed E-state index contributed by atoms with van der Waals surface area (Å²) in [6.45, 7) is 3.67. The zero-order valence-corrected chi connectivity index (χ0v) is 13.4. The van der Waals surface area contributed by atoms with Crippen LogP contribution in [0.15, 0.2) is 59.5 Å². The molecule has 0 fully saturated rings. The molecule has 2 aromatic rings. The number of hydrogen-bond donors (Lipinski definition) is 1. The SMILES string of the molecule is CC(C)S(=O)(=O)c1ccc(CNC(=O)c2ccccc2)cc1. The molecule has 0 spiro atoms. The van der Waals surface area contributed by atoms with Gasteiger partial charge in [0.2, 0.25) is 0 Å². The molecule has 0 saturated carbocycles. The summed E-state index contributed by atoms with van der Waals surface area (Å²) in [4.78, 5) is 12.2. The molecule has 2 aromatic carbocycles. The van der Waals surface area contributed by atoms with E-state index in [1.54, 1.807) is 62.4 Å². The Balaban J connectivity index is 2.02. The lowest BCUT2D eigenvalue weighted by molar-refractivity contribution is 0.0951. The molecule has 2 rings (SSSR count). The highest BCUT2D eigenvalue weighted by Crippen LogP contribution is 2.16. The van der Waals surface area contributed by atoms with Crippen molar-refractivity contribution in [1.82, 2.24) is 5.32 Å². The normalized spacial score (nSPS) is 11.4. The second-order valence-corrected chi connectivity index (χ2v) is 7.79. The number of hydrogen-bond acceptors (Lipinski definition) is 3. The van der Waals surface area contributed by atoms with Crippen LogP contribution in [0.5, 0.6) is 0 Å². The number of carbonyl (C=O) groups is 1. The van der Waals surface area contributed by atoms with Gasteiger partial charge in [-0.3, -0.25) is 4.79 Å². The van der Waals surface area contributed by atoms with Crippen molar-refractivity contribution in [2.24, 2.45) is 0 Å². The third-order valence-corrected chi connectivity index (χ3v) is 5.53. The molecule has 0 aliphatic heterocycles. The molecule has 0 aromatic heterocycles. The Kier molecular flexibility index (Phi) is 4.98. The van der Waals surface area contributed by atoms with Crippen molar-refractivity contribution in [2.45, 2.75) is 30.5 Å². The highest BCUT2D eigenvalue weighted by molar-refractivity contribution is 7.92. The number of nitrogens with one attached hydrogen (secondary N) is 1. The topological polar surface area (TPSA) is 63.2 Å². The standard InChI is InChI=1S/C17H19NO3S/c1-13(2)22(20,21)16-10-8-14(9-11-16)12-18-17(19)15-6-4-3-5-7-15/h3-11,13H,12H2,1-2H3,(H,18,19). The Morgan fingerprint density at radius 3 is 2.14 bits per heavy atom. The summed E-state index contributed by atoms with van der Waals surface area (Å²) in [5.41, 5.74) is 1.45. The van der Waals surface area contributed by atoms with Crippen LogP contribution in [-0.2, 0) is 16.4 Å². The van der Waals surface area contributed by atoms with Crippen LogP contribution in [0, 0.1) is 0 Å². The molecule has 5 heteroatoms. The van der Waals surface area contributed by atoms with Gasteiger partial charge in [-0.05, 0) is 43.7 Å². The van der Waals surface area contributed by atoms with E-state index in [1.165, 1.54) is 0 Å². The van der Waals surface area contributed by atoms with Gasteiger partial charge in [0.25, 0.3) is 5.91 Å². The number of carbonyl (C=O) groups excluding carboxylic acids is 1. The summed E-state index contributed by atoms with van der Waals surface area (Å²) >= 11 is 0. The predicted octanol–water partition coefficient (Wildman–Crippen LogP) is 2.80. The van der Waals surface area contributed by atoms with Crippen molar-refractivity contribution >= 4 is 15.7 Å². The molecule has 0 aliphatic rings. The molecule has 116 valence electrons. The van der Waals surface area contributed by atoms with Gasteiger partial charge in [0, 0.05) is 12.1 Å². The number of amides is 1. The van der Waals surface area contributed by atoms with Gasteiger partial charge in [-0.25, -0.2) is 8.42 Å². The summed E-state index contributed by atoms with van der Waals surface area (Å²) in [7, 11) is -3.26. The average Bonchev–Trinajstić information content (AvgIpc) is 2.53. The van der Waals surface area contributed by atoms with Gasteiger partial charge < -0.3 is 5.32 Å². The van der Waals surface area contributed by atoms with Gasteiger partial charge >= 0.3 is 0 Å². The maximum Gasteiger partial charge on any atom is 0.251 e. The minimum atomic E-state index is -3.26. The molecule has 4 nitrogen and oxygen atoms in total. The van der Waals surface area contributed by atoms with Crippen molar-refractivity contribution < 1.29 is 13.2 Å². The first-order valence-corrected chi connectivity index (χ1v) is 8.62. The van der Waals surface area contributed by atoms with Crippen molar-refractivity contribution in [1.29, 1.82) is 0 Å². The molecule has 0 radical (unpaired) electrons. The van der Waals surface area contributed by atoms with Crippen LogP contribution >= 0.6 is 0 Å². The van der Waals surface area contributed by atoms with Crippen LogP contribution in [0.25, 0.3) is 0 Å². The molecule has 1 amide bonds. The quantitative estimate of drug-likeness (QED) is 0.922. The van der Waals surface area contributed by atoms with E-state index < -0.39 is 15.1 Å². The van der Waals surface area contributed by atoms with E-state index in [1.807, 2.05) is 6.07 Å². The summed E-state index contributed by atoms with van der Waals surface area (Å²) < 4.78 is 24.0. The van der Waals surface area contributed by atoms with E-state index >= 15 is 0 Å². The first-order chi connectivity index (χ1) is 10.4. The maximum absolute atomic E-state index is 12.0. The minimum absolute atomic E-state index is 0.153. The fourth-order valence-electron chi connectivity index (χ4n) is 1.94. The zero-order valence-electron chi connectivity index (χ0n) is 12.6. The van der Waals surface area contributed by atoms with Gasteiger partial charge in [-0.15, -0.1) is 0 Å². The van der Waals surface area contributed by atoms with Crippen LogP contribution in [0.4, 0.5) is 0 Å². The van der Waals surface area contributed by atoms with Crippen LogP contribution in [0.3, 0.4) is 0 Å². The number of sulfone groups is 1. The van der Waals surface area contributed by atoms with Crippen molar-refractivity contribution in [3.8, 4) is 0 Å². The van der Waals surface area contributed by atoms with E-state index in [0.717, 1.165) is 5.56 Å². The van der Waals surface area contributed by atoms with Gasteiger partial charge in [-0.1, -0.05) is 30.3 Å². The average molecular weight is 317 g/mol. The lowest BCUT2D eigenvalue weighted by Crippen LogP contribution is -2.22. The summed E-state index contributed by atoms with van der Waals surface area (Å²) in [6.07, 6.45) is 0. The van der Waals surface area contributed by atoms with Crippen LogP contribution < -0.4 is 5.32 Å². The van der Waals surface area contributed by atoms with Gasteiger partial charge in [-0.2, -0.15) is 0 Å². The van der Waals surface area contributed by atoms with E-state index in [4.69, 9.17) is 0 Å². The van der Waals surface area contributed by atoms with E-state index in [0.29, 0.717) is 17.0 Å². The van der Waals surface area contributed by atoms with Gasteiger partial charge in [0.05, 0.1) is 10.1 Å². The summed E-state index contributed by atoms with van der Waals surface area (Å²) in [6, 6.07) is 15.6. The summed E-state index contributed by atoms with van der Waals surface area (Å²) in [5.74, 6) is -0.153. The fraction of sp³-hybridized carbons (Fsp3) is 0.235. The Hall–Kier alpha value is -2.14.